The minimum Gasteiger partial charge on any atom is -0.497 e. The molecule has 0 unspecified atom stereocenters. The van der Waals surface area contributed by atoms with Crippen LogP contribution < -0.4 is 10.1 Å². The predicted octanol–water partition coefficient (Wildman–Crippen LogP) is 2.92. The Hall–Kier alpha value is -1.92. The second-order valence-corrected chi connectivity index (χ2v) is 6.96. The Bertz CT molecular complexity index is 701. The molecule has 1 atom stereocenters. The smallest absolute Gasteiger partial charge is 0.222 e. The lowest BCUT2D eigenvalue weighted by atomic mass is 10.2. The molecule has 1 aliphatic heterocycles. The highest BCUT2D eigenvalue weighted by molar-refractivity contribution is 7.13. The fourth-order valence-electron chi connectivity index (χ4n) is 2.85. The summed E-state index contributed by atoms with van der Waals surface area (Å²) in [5, 5.41) is 6.53. The molecule has 0 saturated carbocycles. The molecule has 1 aromatic heterocycles. The van der Waals surface area contributed by atoms with E-state index >= 15 is 0 Å². The van der Waals surface area contributed by atoms with Crippen LogP contribution in [0.15, 0.2) is 29.6 Å². The van der Waals surface area contributed by atoms with E-state index < -0.39 is 0 Å². The van der Waals surface area contributed by atoms with Crippen LogP contribution in [0.4, 0.5) is 0 Å². The molecule has 6 heteroatoms. The van der Waals surface area contributed by atoms with Gasteiger partial charge in [0.15, 0.2) is 0 Å². The maximum absolute atomic E-state index is 11.7. The number of ether oxygens (including phenoxy) is 1. The first kappa shape index (κ1) is 16.9. The van der Waals surface area contributed by atoms with Crippen molar-refractivity contribution in [3.8, 4) is 16.3 Å². The maximum atomic E-state index is 11.7. The second-order valence-electron chi connectivity index (χ2n) is 6.10. The molecule has 1 fully saturated rings. The average Bonchev–Trinajstić information content (AvgIpc) is 3.23. The molecule has 1 aliphatic rings. The largest absolute Gasteiger partial charge is 0.497 e. The number of likely N-dealkylation sites (tertiary alicyclic amines) is 1. The van der Waals surface area contributed by atoms with E-state index in [1.165, 1.54) is 0 Å². The van der Waals surface area contributed by atoms with E-state index in [4.69, 9.17) is 9.72 Å². The fraction of sp³-hybridized carbons (Fsp3) is 0.444. The van der Waals surface area contributed by atoms with Crippen molar-refractivity contribution in [1.29, 1.82) is 0 Å². The van der Waals surface area contributed by atoms with Gasteiger partial charge in [-0.25, -0.2) is 4.98 Å². The molecule has 1 N–H and O–H groups in total. The topological polar surface area (TPSA) is 54.5 Å². The van der Waals surface area contributed by atoms with Crippen molar-refractivity contribution in [3.63, 3.8) is 0 Å². The summed E-state index contributed by atoms with van der Waals surface area (Å²) in [7, 11) is 1.67. The first-order valence-corrected chi connectivity index (χ1v) is 9.13. The van der Waals surface area contributed by atoms with E-state index in [1.807, 2.05) is 29.2 Å². The molecule has 3 rings (SSSR count). The first-order chi connectivity index (χ1) is 11.7. The lowest BCUT2D eigenvalue weighted by molar-refractivity contribution is -0.127. The first-order valence-electron chi connectivity index (χ1n) is 8.25. The number of nitrogens with zero attached hydrogens (tertiary/aromatic N) is 2. The molecule has 5 nitrogen and oxygen atoms in total. The Morgan fingerprint density at radius 3 is 3.08 bits per heavy atom. The van der Waals surface area contributed by atoms with E-state index in [1.54, 1.807) is 18.4 Å². The molecule has 0 spiro atoms. The van der Waals surface area contributed by atoms with Crippen LogP contribution in [0.3, 0.4) is 0 Å². The number of amides is 1. The zero-order valence-corrected chi connectivity index (χ0v) is 14.9. The van der Waals surface area contributed by atoms with Crippen LogP contribution in [0.1, 0.15) is 25.5 Å². The van der Waals surface area contributed by atoms with E-state index in [0.29, 0.717) is 13.0 Å². The van der Waals surface area contributed by atoms with Gasteiger partial charge >= 0.3 is 0 Å². The molecule has 1 saturated heterocycles. The van der Waals surface area contributed by atoms with Gasteiger partial charge in [-0.15, -0.1) is 11.3 Å². The van der Waals surface area contributed by atoms with Gasteiger partial charge in [0.2, 0.25) is 5.91 Å². The van der Waals surface area contributed by atoms with Gasteiger partial charge in [-0.1, -0.05) is 12.1 Å². The number of thiazole rings is 1. The Labute approximate surface area is 146 Å². The lowest BCUT2D eigenvalue weighted by Gasteiger charge is -2.21. The normalized spacial score (nSPS) is 15.8. The van der Waals surface area contributed by atoms with E-state index in [2.05, 4.69) is 17.6 Å². The number of hydrogen-bond acceptors (Lipinski definition) is 5. The quantitative estimate of drug-likeness (QED) is 0.838. The third kappa shape index (κ3) is 4.13. The third-order valence-electron chi connectivity index (χ3n) is 4.17. The Morgan fingerprint density at radius 1 is 1.46 bits per heavy atom. The lowest BCUT2D eigenvalue weighted by Crippen LogP contribution is -2.39. The van der Waals surface area contributed by atoms with Gasteiger partial charge in [-0.05, 0) is 25.5 Å². The number of rotatable bonds is 7. The Morgan fingerprint density at radius 2 is 2.33 bits per heavy atom. The number of nitrogens with one attached hydrogen (secondary N) is 1. The highest BCUT2D eigenvalue weighted by Crippen LogP contribution is 2.26. The number of methoxy groups -OCH3 is 1. The number of carbonyl (C=O) groups excluding carboxylic acids is 1. The summed E-state index contributed by atoms with van der Waals surface area (Å²) in [5.41, 5.74) is 2.10. The average molecular weight is 345 g/mol. The van der Waals surface area contributed by atoms with Crippen LogP contribution in [-0.4, -0.2) is 42.0 Å². The minimum atomic E-state index is 0.258. The standard InChI is InChI=1S/C18H23N3O2S/c1-13(11-21-8-4-7-17(21)22)19-10-15-12-24-18(20-15)14-5-3-6-16(9-14)23-2/h3,5-6,9,12-13,19H,4,7-8,10-11H2,1-2H3/t13-/m0/s1. The van der Waals surface area contributed by atoms with Crippen LogP contribution in [-0.2, 0) is 11.3 Å². The summed E-state index contributed by atoms with van der Waals surface area (Å²) >= 11 is 1.64. The highest BCUT2D eigenvalue weighted by atomic mass is 32.1. The van der Waals surface area contributed by atoms with Crippen LogP contribution in [0.2, 0.25) is 0 Å². The zero-order valence-electron chi connectivity index (χ0n) is 14.1. The summed E-state index contributed by atoms with van der Waals surface area (Å²) in [4.78, 5) is 18.3. The van der Waals surface area contributed by atoms with Crippen LogP contribution in [0, 0.1) is 0 Å². The van der Waals surface area contributed by atoms with Crippen LogP contribution >= 0.6 is 11.3 Å². The molecule has 24 heavy (non-hydrogen) atoms. The second kappa shape index (κ2) is 7.77. The van der Waals surface area contributed by atoms with Crippen molar-refractivity contribution < 1.29 is 9.53 Å². The van der Waals surface area contributed by atoms with Crippen LogP contribution in [0.5, 0.6) is 5.75 Å². The fourth-order valence-corrected chi connectivity index (χ4v) is 3.66. The number of hydrogen-bond donors (Lipinski definition) is 1. The predicted molar refractivity (Wildman–Crippen MR) is 96.2 cm³/mol. The van der Waals surface area contributed by atoms with E-state index in [0.717, 1.165) is 41.5 Å². The van der Waals surface area contributed by atoms with Crippen molar-refractivity contribution in [2.24, 2.45) is 0 Å². The summed E-state index contributed by atoms with van der Waals surface area (Å²) < 4.78 is 5.27. The monoisotopic (exact) mass is 345 g/mol. The van der Waals surface area contributed by atoms with E-state index in [9.17, 15) is 4.79 Å². The molecule has 1 aromatic carbocycles. The molecule has 2 aromatic rings. The summed E-state index contributed by atoms with van der Waals surface area (Å²) in [5.74, 6) is 1.11. The van der Waals surface area contributed by atoms with E-state index in [-0.39, 0.29) is 11.9 Å². The molecule has 1 amide bonds. The van der Waals surface area contributed by atoms with Crippen molar-refractivity contribution in [1.82, 2.24) is 15.2 Å². The zero-order chi connectivity index (χ0) is 16.9. The number of carbonyl (C=O) groups is 1. The number of benzene rings is 1. The summed E-state index contributed by atoms with van der Waals surface area (Å²) in [6, 6.07) is 8.20. The third-order valence-corrected chi connectivity index (χ3v) is 5.11. The van der Waals surface area contributed by atoms with Gasteiger partial charge in [-0.3, -0.25) is 4.79 Å². The van der Waals surface area contributed by atoms with Crippen molar-refractivity contribution in [3.05, 3.63) is 35.3 Å². The highest BCUT2D eigenvalue weighted by Gasteiger charge is 2.21. The summed E-state index contributed by atoms with van der Waals surface area (Å²) in [6.07, 6.45) is 1.68. The Balaban J connectivity index is 1.55. The summed E-state index contributed by atoms with van der Waals surface area (Å²) in [6.45, 7) is 4.48. The molecule has 0 bridgehead atoms. The van der Waals surface area contributed by atoms with Gasteiger partial charge in [-0.2, -0.15) is 0 Å². The van der Waals surface area contributed by atoms with Gasteiger partial charge < -0.3 is 15.0 Å². The van der Waals surface area contributed by atoms with Crippen LogP contribution in [0.25, 0.3) is 10.6 Å². The molecule has 128 valence electrons. The maximum Gasteiger partial charge on any atom is 0.222 e. The molecule has 0 radical (unpaired) electrons. The van der Waals surface area contributed by atoms with Gasteiger partial charge in [0.05, 0.1) is 12.8 Å². The number of aromatic nitrogens is 1. The van der Waals surface area contributed by atoms with Crippen molar-refractivity contribution in [2.45, 2.75) is 32.4 Å². The molecule has 0 aliphatic carbocycles. The van der Waals surface area contributed by atoms with Gasteiger partial charge in [0.25, 0.3) is 0 Å². The Kier molecular flexibility index (Phi) is 5.48. The van der Waals surface area contributed by atoms with Crippen molar-refractivity contribution >= 4 is 17.2 Å². The molecular formula is C18H23N3O2S. The van der Waals surface area contributed by atoms with Crippen molar-refractivity contribution in [2.75, 3.05) is 20.2 Å². The van der Waals surface area contributed by atoms with Gasteiger partial charge in [0.1, 0.15) is 10.8 Å². The molecule has 2 heterocycles. The SMILES string of the molecule is COc1cccc(-c2nc(CN[C@@H](C)CN3CCCC3=O)cs2)c1. The minimum absolute atomic E-state index is 0.258. The molecular weight excluding hydrogens is 322 g/mol. The van der Waals surface area contributed by atoms with Gasteiger partial charge in [0, 0.05) is 43.0 Å².